The molecule has 1 atom stereocenters. The highest BCUT2D eigenvalue weighted by molar-refractivity contribution is 7.80. The highest BCUT2D eigenvalue weighted by Crippen LogP contribution is 2.29. The molecule has 202 valence electrons. The molecule has 11 heteroatoms. The molecule has 1 aliphatic rings. The fourth-order valence-electron chi connectivity index (χ4n) is 4.21. The van der Waals surface area contributed by atoms with Gasteiger partial charge in [-0.25, -0.2) is 4.79 Å². The first-order valence-electron chi connectivity index (χ1n) is 12.1. The molecule has 4 rings (SSSR count). The van der Waals surface area contributed by atoms with Crippen molar-refractivity contribution in [2.45, 2.75) is 25.8 Å². The predicted molar refractivity (Wildman–Crippen MR) is 158 cm³/mol. The molecule has 3 aromatic rings. The maximum Gasteiger partial charge on any atom is 0.338 e. The van der Waals surface area contributed by atoms with Crippen LogP contribution in [0, 0.1) is 0 Å². The molecule has 39 heavy (non-hydrogen) atoms. The number of halogens is 3. The van der Waals surface area contributed by atoms with E-state index in [-0.39, 0.29) is 30.0 Å². The first-order valence-corrected chi connectivity index (χ1v) is 13.6. The summed E-state index contributed by atoms with van der Waals surface area (Å²) < 4.78 is 5.04. The quantitative estimate of drug-likeness (QED) is 0.225. The number of hydrogen-bond donors (Lipinski definition) is 1. The molecule has 1 heterocycles. The Hall–Kier alpha value is -3.17. The van der Waals surface area contributed by atoms with Gasteiger partial charge in [0, 0.05) is 27.3 Å². The molecule has 0 unspecified atom stereocenters. The number of carbonyl (C=O) groups excluding carboxylic acids is 3. The van der Waals surface area contributed by atoms with Crippen LogP contribution in [0.1, 0.15) is 29.3 Å². The summed E-state index contributed by atoms with van der Waals surface area (Å²) in [5, 5.41) is 4.53. The van der Waals surface area contributed by atoms with Gasteiger partial charge in [0.25, 0.3) is 5.91 Å². The summed E-state index contributed by atoms with van der Waals surface area (Å²) in [6.45, 7) is 2.31. The van der Waals surface area contributed by atoms with Crippen molar-refractivity contribution in [3.05, 3.63) is 92.9 Å². The highest BCUT2D eigenvalue weighted by atomic mass is 35.5. The second-order valence-electron chi connectivity index (χ2n) is 8.68. The number of nitrogens with zero attached hydrogens (tertiary/aromatic N) is 2. The van der Waals surface area contributed by atoms with Crippen molar-refractivity contribution in [3.8, 4) is 0 Å². The van der Waals surface area contributed by atoms with Gasteiger partial charge >= 0.3 is 5.97 Å². The second-order valence-corrected chi connectivity index (χ2v) is 10.3. The number of hydrogen-bond acceptors (Lipinski definition) is 5. The summed E-state index contributed by atoms with van der Waals surface area (Å²) in [5.41, 5.74) is 2.18. The number of benzene rings is 3. The van der Waals surface area contributed by atoms with Crippen LogP contribution in [0.4, 0.5) is 11.4 Å². The normalized spacial score (nSPS) is 15.0. The standard InChI is InChI=1S/C28H24Cl3N3O4S/c1-2-38-27(37)18-7-10-22(11-8-18)34-26(36)24(16-25(35)32-21-5-3-4-19(29)14-21)33(28(34)39)13-12-17-6-9-20(30)15-23(17)31/h3-11,14-15,24H,2,12-13,16H2,1H3,(H,32,35)/t24-/m1/s1. The van der Waals surface area contributed by atoms with E-state index < -0.39 is 12.0 Å². The minimum atomic E-state index is -0.854. The molecule has 0 bridgehead atoms. The van der Waals surface area contributed by atoms with Gasteiger partial charge in [0.15, 0.2) is 5.11 Å². The first-order chi connectivity index (χ1) is 18.7. The summed E-state index contributed by atoms with van der Waals surface area (Å²) in [6.07, 6.45) is 0.322. The van der Waals surface area contributed by atoms with E-state index in [2.05, 4.69) is 5.32 Å². The first kappa shape index (κ1) is 28.8. The molecular weight excluding hydrogens is 581 g/mol. The van der Waals surface area contributed by atoms with Crippen molar-refractivity contribution in [2.24, 2.45) is 0 Å². The molecule has 0 aromatic heterocycles. The van der Waals surface area contributed by atoms with Gasteiger partial charge in [0.1, 0.15) is 6.04 Å². The van der Waals surface area contributed by atoms with E-state index in [9.17, 15) is 14.4 Å². The summed E-state index contributed by atoms with van der Waals surface area (Å²) in [4.78, 5) is 41.8. The third kappa shape index (κ3) is 6.89. The lowest BCUT2D eigenvalue weighted by Gasteiger charge is -2.24. The molecule has 7 nitrogen and oxygen atoms in total. The van der Waals surface area contributed by atoms with Crippen LogP contribution in [0.25, 0.3) is 0 Å². The van der Waals surface area contributed by atoms with E-state index in [0.29, 0.717) is 45.0 Å². The molecule has 1 fully saturated rings. The Morgan fingerprint density at radius 1 is 1.00 bits per heavy atom. The Balaban J connectivity index is 1.58. The Morgan fingerprint density at radius 2 is 1.72 bits per heavy atom. The predicted octanol–water partition coefficient (Wildman–Crippen LogP) is 6.40. The van der Waals surface area contributed by atoms with Crippen LogP contribution in [0.2, 0.25) is 15.1 Å². The molecule has 2 amide bonds. The number of rotatable bonds is 9. The zero-order valence-corrected chi connectivity index (χ0v) is 23.9. The molecule has 0 aliphatic carbocycles. The summed E-state index contributed by atoms with van der Waals surface area (Å²) >= 11 is 24.2. The SMILES string of the molecule is CCOC(=O)c1ccc(N2C(=O)[C@@H](CC(=O)Nc3cccc(Cl)c3)N(CCc3ccc(Cl)cc3Cl)C2=S)cc1. The summed E-state index contributed by atoms with van der Waals surface area (Å²) in [7, 11) is 0. The largest absolute Gasteiger partial charge is 0.462 e. The van der Waals surface area contributed by atoms with E-state index in [1.165, 1.54) is 4.90 Å². The zero-order chi connectivity index (χ0) is 28.1. The van der Waals surface area contributed by atoms with E-state index in [4.69, 9.17) is 51.8 Å². The molecule has 1 N–H and O–H groups in total. The molecule has 0 spiro atoms. The van der Waals surface area contributed by atoms with Crippen molar-refractivity contribution < 1.29 is 19.1 Å². The second kappa shape index (κ2) is 12.8. The summed E-state index contributed by atoms with van der Waals surface area (Å²) in [6, 6.07) is 17.5. The van der Waals surface area contributed by atoms with Crippen LogP contribution in [0.15, 0.2) is 66.7 Å². The fraction of sp³-hybridized carbons (Fsp3) is 0.214. The Morgan fingerprint density at radius 3 is 2.38 bits per heavy atom. The van der Waals surface area contributed by atoms with Crippen LogP contribution in [0.3, 0.4) is 0 Å². The van der Waals surface area contributed by atoms with Gasteiger partial charge in [-0.05, 0) is 85.7 Å². The number of anilines is 2. The lowest BCUT2D eigenvalue weighted by atomic mass is 10.1. The van der Waals surface area contributed by atoms with Gasteiger partial charge in [-0.3, -0.25) is 14.5 Å². The van der Waals surface area contributed by atoms with Gasteiger partial charge in [0.05, 0.1) is 24.3 Å². The number of ether oxygens (including phenoxy) is 1. The van der Waals surface area contributed by atoms with Crippen molar-refractivity contribution >= 4 is 81.3 Å². The van der Waals surface area contributed by atoms with Crippen LogP contribution in [0.5, 0.6) is 0 Å². The maximum atomic E-state index is 13.7. The Bertz CT molecular complexity index is 1420. The highest BCUT2D eigenvalue weighted by Gasteiger charge is 2.44. The molecule has 3 aromatic carbocycles. The van der Waals surface area contributed by atoms with Gasteiger partial charge in [-0.1, -0.05) is 46.9 Å². The van der Waals surface area contributed by atoms with E-state index >= 15 is 0 Å². The van der Waals surface area contributed by atoms with Crippen molar-refractivity contribution in [1.82, 2.24) is 4.90 Å². The van der Waals surface area contributed by atoms with Crippen LogP contribution < -0.4 is 10.2 Å². The monoisotopic (exact) mass is 603 g/mol. The van der Waals surface area contributed by atoms with Crippen molar-refractivity contribution in [2.75, 3.05) is 23.4 Å². The smallest absolute Gasteiger partial charge is 0.338 e. The zero-order valence-electron chi connectivity index (χ0n) is 20.8. The number of carbonyl (C=O) groups is 3. The van der Waals surface area contributed by atoms with Crippen LogP contribution >= 0.6 is 47.0 Å². The molecule has 0 radical (unpaired) electrons. The molecular formula is C28H24Cl3N3O4S. The van der Waals surface area contributed by atoms with Gasteiger partial charge in [-0.2, -0.15) is 0 Å². The fourth-order valence-corrected chi connectivity index (χ4v) is 5.31. The van der Waals surface area contributed by atoms with Gasteiger partial charge < -0.3 is 15.0 Å². The van der Waals surface area contributed by atoms with Crippen LogP contribution in [-0.2, 0) is 20.7 Å². The van der Waals surface area contributed by atoms with Crippen molar-refractivity contribution in [1.29, 1.82) is 0 Å². The molecule has 1 aliphatic heterocycles. The Labute approximate surface area is 246 Å². The number of thiocarbonyl (C=S) groups is 1. The third-order valence-electron chi connectivity index (χ3n) is 6.08. The topological polar surface area (TPSA) is 78.9 Å². The molecule has 1 saturated heterocycles. The average Bonchev–Trinajstić information content (AvgIpc) is 3.12. The third-order valence-corrected chi connectivity index (χ3v) is 7.32. The minimum absolute atomic E-state index is 0.142. The average molecular weight is 605 g/mol. The molecule has 0 saturated carbocycles. The van der Waals surface area contributed by atoms with E-state index in [1.807, 2.05) is 6.07 Å². The lowest BCUT2D eigenvalue weighted by molar-refractivity contribution is -0.124. The van der Waals surface area contributed by atoms with Crippen molar-refractivity contribution in [3.63, 3.8) is 0 Å². The van der Waals surface area contributed by atoms with E-state index in [0.717, 1.165) is 5.56 Å². The van der Waals surface area contributed by atoms with Gasteiger partial charge in [0.2, 0.25) is 5.91 Å². The lowest BCUT2D eigenvalue weighted by Crippen LogP contribution is -2.39. The van der Waals surface area contributed by atoms with E-state index in [1.54, 1.807) is 72.5 Å². The minimum Gasteiger partial charge on any atom is -0.462 e. The van der Waals surface area contributed by atoms with Gasteiger partial charge in [-0.15, -0.1) is 0 Å². The summed E-state index contributed by atoms with van der Waals surface area (Å²) in [5.74, 6) is -1.18. The van der Waals surface area contributed by atoms with Crippen LogP contribution in [-0.4, -0.2) is 47.0 Å². The Kier molecular flexibility index (Phi) is 9.45. The number of esters is 1. The number of nitrogens with one attached hydrogen (secondary N) is 1. The maximum absolute atomic E-state index is 13.7. The number of amides is 2.